The molecule has 1 spiro atoms. The van der Waals surface area contributed by atoms with Crippen LogP contribution in [-0.4, -0.2) is 15.0 Å². The van der Waals surface area contributed by atoms with E-state index < -0.39 is 0 Å². The average Bonchev–Trinajstić information content (AvgIpc) is 2.58. The molecule has 2 fully saturated rings. The third kappa shape index (κ3) is 1.54. The number of hydrogen-bond acceptors (Lipinski definition) is 2. The van der Waals surface area contributed by atoms with Crippen LogP contribution in [0.4, 0.5) is 0 Å². The lowest BCUT2D eigenvalue weighted by atomic mass is 9.79. The largest absolute Gasteiger partial charge is 0.457 e. The van der Waals surface area contributed by atoms with E-state index in [-0.39, 0.29) is 15.0 Å². The summed E-state index contributed by atoms with van der Waals surface area (Å²) in [4.78, 5) is 11.4. The van der Waals surface area contributed by atoms with Crippen molar-refractivity contribution in [3.05, 3.63) is 12.2 Å². The molecule has 1 saturated heterocycles. The molecule has 3 atom stereocenters. The Morgan fingerprint density at radius 2 is 2.27 bits per heavy atom. The molecule has 84 valence electrons. The predicted molar refractivity (Wildman–Crippen MR) is 68.0 cm³/mol. The monoisotopic (exact) mass is 320 g/mol. The van der Waals surface area contributed by atoms with Gasteiger partial charge in [0.2, 0.25) is 0 Å². The van der Waals surface area contributed by atoms with Crippen molar-refractivity contribution in [2.24, 2.45) is 5.92 Å². The predicted octanol–water partition coefficient (Wildman–Crippen LogP) is 3.24. The molecule has 3 heteroatoms. The highest BCUT2D eigenvalue weighted by Crippen LogP contribution is 2.58. The molecular formula is C12H17IO2. The second-order valence-corrected chi connectivity index (χ2v) is 7.38. The van der Waals surface area contributed by atoms with Crippen molar-refractivity contribution < 1.29 is 9.53 Å². The summed E-state index contributed by atoms with van der Waals surface area (Å²) in [5.41, 5.74) is 0.890. The van der Waals surface area contributed by atoms with E-state index in [1.807, 2.05) is 0 Å². The first-order valence-electron chi connectivity index (χ1n) is 5.45. The van der Waals surface area contributed by atoms with Gasteiger partial charge in [0.05, 0.1) is 3.42 Å². The van der Waals surface area contributed by atoms with Gasteiger partial charge in [-0.1, -0.05) is 34.7 Å². The minimum atomic E-state index is -0.267. The summed E-state index contributed by atoms with van der Waals surface area (Å²) >= 11 is 2.46. The van der Waals surface area contributed by atoms with Crippen molar-refractivity contribution >= 4 is 28.6 Å². The fraction of sp³-hybridized carbons (Fsp3) is 0.750. The Balaban J connectivity index is 2.38. The second-order valence-electron chi connectivity index (χ2n) is 5.00. The Morgan fingerprint density at radius 3 is 2.73 bits per heavy atom. The SMILES string of the molecule is C=C(C)[C@H]1CC[C@@](C)(I)[C@@]12CCC(=O)O2. The molecule has 15 heavy (non-hydrogen) atoms. The molecule has 0 aromatic heterocycles. The molecule has 2 nitrogen and oxygen atoms in total. The van der Waals surface area contributed by atoms with Gasteiger partial charge in [0, 0.05) is 12.3 Å². The van der Waals surface area contributed by atoms with Crippen molar-refractivity contribution in [1.82, 2.24) is 0 Å². The van der Waals surface area contributed by atoms with E-state index in [1.165, 1.54) is 0 Å². The summed E-state index contributed by atoms with van der Waals surface area (Å²) in [6.45, 7) is 8.31. The van der Waals surface area contributed by atoms with Gasteiger partial charge in [0.1, 0.15) is 5.60 Å². The Labute approximate surface area is 105 Å². The van der Waals surface area contributed by atoms with Crippen LogP contribution in [0.15, 0.2) is 12.2 Å². The summed E-state index contributed by atoms with van der Waals surface area (Å²) < 4.78 is 5.76. The lowest BCUT2D eigenvalue weighted by Gasteiger charge is -2.39. The fourth-order valence-corrected chi connectivity index (χ4v) is 4.14. The van der Waals surface area contributed by atoms with Crippen molar-refractivity contribution in [2.75, 3.05) is 0 Å². The summed E-state index contributed by atoms with van der Waals surface area (Å²) in [7, 11) is 0. The van der Waals surface area contributed by atoms with Crippen LogP contribution in [0, 0.1) is 5.92 Å². The van der Waals surface area contributed by atoms with Crippen LogP contribution in [0.3, 0.4) is 0 Å². The highest BCUT2D eigenvalue weighted by molar-refractivity contribution is 14.1. The Kier molecular flexibility index (Phi) is 2.64. The highest BCUT2D eigenvalue weighted by Gasteiger charge is 2.61. The van der Waals surface area contributed by atoms with Crippen molar-refractivity contribution in [3.8, 4) is 0 Å². The Bertz CT molecular complexity index is 322. The van der Waals surface area contributed by atoms with Crippen molar-refractivity contribution in [1.29, 1.82) is 0 Å². The van der Waals surface area contributed by atoms with E-state index in [2.05, 4.69) is 43.0 Å². The smallest absolute Gasteiger partial charge is 0.306 e. The zero-order chi connectivity index (χ0) is 11.3. The number of alkyl halides is 1. The molecule has 0 radical (unpaired) electrons. The maximum Gasteiger partial charge on any atom is 0.306 e. The topological polar surface area (TPSA) is 26.3 Å². The zero-order valence-electron chi connectivity index (χ0n) is 9.31. The van der Waals surface area contributed by atoms with Crippen molar-refractivity contribution in [3.63, 3.8) is 0 Å². The molecule has 0 unspecified atom stereocenters. The van der Waals surface area contributed by atoms with Crippen LogP contribution in [-0.2, 0) is 9.53 Å². The van der Waals surface area contributed by atoms with Crippen LogP contribution in [0.1, 0.15) is 39.5 Å². The first-order valence-corrected chi connectivity index (χ1v) is 6.53. The maximum absolute atomic E-state index is 11.4. The number of rotatable bonds is 1. The van der Waals surface area contributed by atoms with Gasteiger partial charge in [-0.3, -0.25) is 4.79 Å². The standard InChI is InChI=1S/C12H17IO2/c1-8(2)9-4-6-11(3,13)12(9)7-5-10(14)15-12/h9H,1,4-7H2,2-3H3/t9-,11-,12-/m1/s1. The molecule has 0 N–H and O–H groups in total. The number of carbonyl (C=O) groups is 1. The summed E-state index contributed by atoms with van der Waals surface area (Å²) in [6, 6.07) is 0. The van der Waals surface area contributed by atoms with Gasteiger partial charge in [-0.05, 0) is 33.1 Å². The number of hydrogen-bond donors (Lipinski definition) is 0. The highest BCUT2D eigenvalue weighted by atomic mass is 127. The molecule has 2 rings (SSSR count). The van der Waals surface area contributed by atoms with Gasteiger partial charge >= 0.3 is 5.97 Å². The maximum atomic E-state index is 11.4. The zero-order valence-corrected chi connectivity index (χ0v) is 11.5. The summed E-state index contributed by atoms with van der Waals surface area (Å²) in [5, 5.41) is 0. The third-order valence-electron chi connectivity index (χ3n) is 3.94. The molecule has 1 aliphatic heterocycles. The Morgan fingerprint density at radius 1 is 1.60 bits per heavy atom. The van der Waals surface area contributed by atoms with Crippen LogP contribution in [0.25, 0.3) is 0 Å². The minimum Gasteiger partial charge on any atom is -0.457 e. The molecule has 0 bridgehead atoms. The van der Waals surface area contributed by atoms with Gasteiger partial charge in [-0.15, -0.1) is 0 Å². The van der Waals surface area contributed by atoms with E-state index in [4.69, 9.17) is 4.74 Å². The quantitative estimate of drug-likeness (QED) is 0.321. The van der Waals surface area contributed by atoms with Gasteiger partial charge in [0.25, 0.3) is 0 Å². The van der Waals surface area contributed by atoms with Crippen LogP contribution >= 0.6 is 22.6 Å². The number of carbonyl (C=O) groups excluding carboxylic acids is 1. The third-order valence-corrected chi connectivity index (χ3v) is 5.39. The summed E-state index contributed by atoms with van der Waals surface area (Å²) in [5.74, 6) is 0.317. The molecule has 1 saturated carbocycles. The molecule has 0 aromatic rings. The number of ether oxygens (including phenoxy) is 1. The second kappa shape index (κ2) is 3.47. The summed E-state index contributed by atoms with van der Waals surface area (Å²) in [6.07, 6.45) is 3.64. The first kappa shape index (κ1) is 11.4. The lowest BCUT2D eigenvalue weighted by Crippen LogP contribution is -2.47. The number of esters is 1. The van der Waals surface area contributed by atoms with E-state index in [1.54, 1.807) is 0 Å². The van der Waals surface area contributed by atoms with Gasteiger partial charge in [-0.2, -0.15) is 0 Å². The number of halogens is 1. The molecule has 1 heterocycles. The molecular weight excluding hydrogens is 303 g/mol. The molecule has 1 aliphatic carbocycles. The Hall–Kier alpha value is -0.0600. The molecule has 0 amide bonds. The normalized spacial score (nSPS) is 44.7. The van der Waals surface area contributed by atoms with Gasteiger partial charge < -0.3 is 4.74 Å². The fourth-order valence-electron chi connectivity index (χ4n) is 3.07. The van der Waals surface area contributed by atoms with E-state index in [0.29, 0.717) is 12.3 Å². The van der Waals surface area contributed by atoms with E-state index in [0.717, 1.165) is 24.8 Å². The minimum absolute atomic E-state index is 0.0361. The van der Waals surface area contributed by atoms with Gasteiger partial charge in [0.15, 0.2) is 0 Å². The lowest BCUT2D eigenvalue weighted by molar-refractivity contribution is -0.151. The van der Waals surface area contributed by atoms with Crippen molar-refractivity contribution in [2.45, 2.75) is 48.6 Å². The van der Waals surface area contributed by atoms with Gasteiger partial charge in [-0.25, -0.2) is 0 Å². The van der Waals surface area contributed by atoms with Crippen LogP contribution in [0.5, 0.6) is 0 Å². The average molecular weight is 320 g/mol. The van der Waals surface area contributed by atoms with E-state index in [9.17, 15) is 4.79 Å². The molecule has 2 aliphatic rings. The van der Waals surface area contributed by atoms with Crippen LogP contribution in [0.2, 0.25) is 0 Å². The molecule has 0 aromatic carbocycles. The first-order chi connectivity index (χ1) is 6.89. The van der Waals surface area contributed by atoms with Crippen LogP contribution < -0.4 is 0 Å². The van der Waals surface area contributed by atoms with E-state index >= 15 is 0 Å².